The van der Waals surface area contributed by atoms with Crippen LogP contribution >= 0.6 is 0 Å². The molecule has 0 bridgehead atoms. The minimum absolute atomic E-state index is 0.0217. The van der Waals surface area contributed by atoms with Crippen molar-refractivity contribution < 1.29 is 9.53 Å². The van der Waals surface area contributed by atoms with Crippen LogP contribution in [0.3, 0.4) is 0 Å². The molecule has 1 aromatic carbocycles. The molecule has 1 N–H and O–H groups in total. The molecule has 0 saturated heterocycles. The Morgan fingerprint density at radius 3 is 2.71 bits per heavy atom. The highest BCUT2D eigenvalue weighted by molar-refractivity contribution is 5.77. The molecule has 0 unspecified atom stereocenters. The number of aromatic nitrogens is 1. The van der Waals surface area contributed by atoms with E-state index in [1.807, 2.05) is 56.3 Å². The van der Waals surface area contributed by atoms with E-state index >= 15 is 0 Å². The molecule has 2 aromatic rings. The van der Waals surface area contributed by atoms with Gasteiger partial charge in [-0.3, -0.25) is 9.78 Å². The van der Waals surface area contributed by atoms with Gasteiger partial charge >= 0.3 is 0 Å². The molecule has 4 heteroatoms. The van der Waals surface area contributed by atoms with Crippen LogP contribution in [0.4, 0.5) is 0 Å². The highest BCUT2D eigenvalue weighted by Gasteiger charge is 2.07. The molecule has 0 aliphatic carbocycles. The SMILES string of the molecule is COc1cccc(-c2cccc(CNC(=O)C(C)C)n2)c1. The van der Waals surface area contributed by atoms with Gasteiger partial charge < -0.3 is 10.1 Å². The zero-order valence-electron chi connectivity index (χ0n) is 12.6. The van der Waals surface area contributed by atoms with Crippen LogP contribution < -0.4 is 10.1 Å². The van der Waals surface area contributed by atoms with E-state index in [4.69, 9.17) is 4.74 Å². The van der Waals surface area contributed by atoms with Crippen molar-refractivity contribution >= 4 is 5.91 Å². The van der Waals surface area contributed by atoms with Crippen molar-refractivity contribution in [3.8, 4) is 17.0 Å². The van der Waals surface area contributed by atoms with Gasteiger partial charge in [-0.2, -0.15) is 0 Å². The van der Waals surface area contributed by atoms with Crippen LogP contribution in [0.5, 0.6) is 5.75 Å². The van der Waals surface area contributed by atoms with E-state index in [0.29, 0.717) is 6.54 Å². The van der Waals surface area contributed by atoms with Crippen LogP contribution in [0.25, 0.3) is 11.3 Å². The third-order valence-corrected chi connectivity index (χ3v) is 3.14. The van der Waals surface area contributed by atoms with Gasteiger partial charge in [0, 0.05) is 11.5 Å². The largest absolute Gasteiger partial charge is 0.497 e. The molecule has 0 fully saturated rings. The fourth-order valence-corrected chi connectivity index (χ4v) is 1.90. The maximum absolute atomic E-state index is 11.6. The normalized spacial score (nSPS) is 10.5. The summed E-state index contributed by atoms with van der Waals surface area (Å²) in [5.74, 6) is 0.808. The summed E-state index contributed by atoms with van der Waals surface area (Å²) in [5.41, 5.74) is 2.70. The van der Waals surface area contributed by atoms with Gasteiger partial charge in [-0.05, 0) is 24.3 Å². The number of nitrogens with zero attached hydrogens (tertiary/aromatic N) is 1. The van der Waals surface area contributed by atoms with Crippen molar-refractivity contribution in [3.63, 3.8) is 0 Å². The average molecular weight is 284 g/mol. The zero-order valence-corrected chi connectivity index (χ0v) is 12.6. The van der Waals surface area contributed by atoms with E-state index in [9.17, 15) is 4.79 Å². The lowest BCUT2D eigenvalue weighted by molar-refractivity contribution is -0.124. The first-order valence-electron chi connectivity index (χ1n) is 6.98. The van der Waals surface area contributed by atoms with E-state index in [-0.39, 0.29) is 11.8 Å². The summed E-state index contributed by atoms with van der Waals surface area (Å²) in [6.45, 7) is 4.18. The summed E-state index contributed by atoms with van der Waals surface area (Å²) < 4.78 is 5.23. The number of benzene rings is 1. The number of pyridine rings is 1. The molecular weight excluding hydrogens is 264 g/mol. The molecule has 0 saturated carbocycles. The minimum Gasteiger partial charge on any atom is -0.497 e. The molecule has 1 aromatic heterocycles. The standard InChI is InChI=1S/C17H20N2O2/c1-12(2)17(20)18-11-14-7-5-9-16(19-14)13-6-4-8-15(10-13)21-3/h4-10,12H,11H2,1-3H3,(H,18,20). The van der Waals surface area contributed by atoms with Gasteiger partial charge in [-0.15, -0.1) is 0 Å². The number of hydrogen-bond acceptors (Lipinski definition) is 3. The molecule has 4 nitrogen and oxygen atoms in total. The smallest absolute Gasteiger partial charge is 0.222 e. The second-order valence-electron chi connectivity index (χ2n) is 5.12. The maximum Gasteiger partial charge on any atom is 0.222 e. The molecule has 0 radical (unpaired) electrons. The highest BCUT2D eigenvalue weighted by atomic mass is 16.5. The first-order chi connectivity index (χ1) is 10.1. The third kappa shape index (κ3) is 4.05. The lowest BCUT2D eigenvalue weighted by Gasteiger charge is -2.09. The maximum atomic E-state index is 11.6. The van der Waals surface area contributed by atoms with E-state index in [0.717, 1.165) is 22.7 Å². The second kappa shape index (κ2) is 6.88. The first kappa shape index (κ1) is 15.0. The number of rotatable bonds is 5. The second-order valence-corrected chi connectivity index (χ2v) is 5.12. The van der Waals surface area contributed by atoms with Gasteiger partial charge in [0.05, 0.1) is 25.0 Å². The van der Waals surface area contributed by atoms with Gasteiger partial charge in [0.15, 0.2) is 0 Å². The van der Waals surface area contributed by atoms with Crippen molar-refractivity contribution in [1.82, 2.24) is 10.3 Å². The van der Waals surface area contributed by atoms with Gasteiger partial charge in [-0.1, -0.05) is 32.0 Å². The van der Waals surface area contributed by atoms with Crippen molar-refractivity contribution in [2.24, 2.45) is 5.92 Å². The van der Waals surface area contributed by atoms with Crippen molar-refractivity contribution in [3.05, 3.63) is 48.2 Å². The number of hydrogen-bond donors (Lipinski definition) is 1. The van der Waals surface area contributed by atoms with Crippen molar-refractivity contribution in [1.29, 1.82) is 0 Å². The molecule has 0 atom stereocenters. The first-order valence-corrected chi connectivity index (χ1v) is 6.98. The molecule has 0 aliphatic rings. The summed E-state index contributed by atoms with van der Waals surface area (Å²) in [5, 5.41) is 2.87. The van der Waals surface area contributed by atoms with Crippen LogP contribution in [-0.4, -0.2) is 18.0 Å². The third-order valence-electron chi connectivity index (χ3n) is 3.14. The Balaban J connectivity index is 2.15. The highest BCUT2D eigenvalue weighted by Crippen LogP contribution is 2.22. The summed E-state index contributed by atoms with van der Waals surface area (Å²) >= 11 is 0. The molecule has 21 heavy (non-hydrogen) atoms. The van der Waals surface area contributed by atoms with Crippen molar-refractivity contribution in [2.45, 2.75) is 20.4 Å². The Hall–Kier alpha value is -2.36. The molecular formula is C17H20N2O2. The molecule has 1 amide bonds. The summed E-state index contributed by atoms with van der Waals surface area (Å²) in [7, 11) is 1.64. The van der Waals surface area contributed by atoms with Gasteiger partial charge in [0.2, 0.25) is 5.91 Å². The van der Waals surface area contributed by atoms with Crippen LogP contribution in [0.2, 0.25) is 0 Å². The predicted octanol–water partition coefficient (Wildman–Crippen LogP) is 3.03. The number of carbonyl (C=O) groups excluding carboxylic acids is 1. The molecule has 0 spiro atoms. The fourth-order valence-electron chi connectivity index (χ4n) is 1.90. The monoisotopic (exact) mass is 284 g/mol. The Bertz CT molecular complexity index is 624. The molecule has 1 heterocycles. The lowest BCUT2D eigenvalue weighted by Crippen LogP contribution is -2.27. The van der Waals surface area contributed by atoms with Crippen LogP contribution in [-0.2, 0) is 11.3 Å². The zero-order chi connectivity index (χ0) is 15.2. The van der Waals surface area contributed by atoms with Crippen molar-refractivity contribution in [2.75, 3.05) is 7.11 Å². The number of nitrogens with one attached hydrogen (secondary N) is 1. The topological polar surface area (TPSA) is 51.2 Å². The molecule has 2 rings (SSSR count). The molecule has 110 valence electrons. The van der Waals surface area contributed by atoms with Gasteiger partial charge in [0.25, 0.3) is 0 Å². The van der Waals surface area contributed by atoms with Crippen LogP contribution in [0.15, 0.2) is 42.5 Å². The minimum atomic E-state index is -0.0217. The summed E-state index contributed by atoms with van der Waals surface area (Å²) in [6, 6.07) is 13.6. The Labute approximate surface area is 125 Å². The predicted molar refractivity (Wildman–Crippen MR) is 82.9 cm³/mol. The Morgan fingerprint density at radius 2 is 2.00 bits per heavy atom. The van der Waals surface area contributed by atoms with E-state index < -0.39 is 0 Å². The number of ether oxygens (including phenoxy) is 1. The van der Waals surface area contributed by atoms with Crippen LogP contribution in [0.1, 0.15) is 19.5 Å². The van der Waals surface area contributed by atoms with E-state index in [1.54, 1.807) is 7.11 Å². The summed E-state index contributed by atoms with van der Waals surface area (Å²) in [4.78, 5) is 16.2. The lowest BCUT2D eigenvalue weighted by atomic mass is 10.1. The number of amides is 1. The average Bonchev–Trinajstić information content (AvgIpc) is 2.52. The fraction of sp³-hybridized carbons (Fsp3) is 0.294. The number of methoxy groups -OCH3 is 1. The number of carbonyl (C=O) groups is 1. The van der Waals surface area contributed by atoms with E-state index in [1.165, 1.54) is 0 Å². The molecule has 0 aliphatic heterocycles. The van der Waals surface area contributed by atoms with Gasteiger partial charge in [0.1, 0.15) is 5.75 Å². The van der Waals surface area contributed by atoms with E-state index in [2.05, 4.69) is 10.3 Å². The Kier molecular flexibility index (Phi) is 4.93. The quantitative estimate of drug-likeness (QED) is 0.918. The van der Waals surface area contributed by atoms with Gasteiger partial charge in [-0.25, -0.2) is 0 Å². The summed E-state index contributed by atoms with van der Waals surface area (Å²) in [6.07, 6.45) is 0. The Morgan fingerprint density at radius 1 is 1.24 bits per heavy atom. The van der Waals surface area contributed by atoms with Crippen LogP contribution in [0, 0.1) is 5.92 Å².